The fraction of sp³-hybridized carbons (Fsp3) is 0.583. The highest BCUT2D eigenvalue weighted by atomic mass is 79.9. The molecule has 0 N–H and O–H groups in total. The van der Waals surface area contributed by atoms with Gasteiger partial charge in [-0.2, -0.15) is 10.2 Å². The fourth-order valence-corrected chi connectivity index (χ4v) is 3.00. The van der Waals surface area contributed by atoms with E-state index in [1.807, 2.05) is 44.9 Å². The van der Waals surface area contributed by atoms with E-state index >= 15 is 0 Å². The van der Waals surface area contributed by atoms with Crippen molar-refractivity contribution in [3.63, 3.8) is 0 Å². The van der Waals surface area contributed by atoms with Crippen molar-refractivity contribution < 1.29 is 14.3 Å². The quantitative estimate of drug-likeness (QED) is 0.360. The zero-order valence-electron chi connectivity index (χ0n) is 22.1. The molecule has 0 atom stereocenters. The van der Waals surface area contributed by atoms with Crippen molar-refractivity contribution in [1.82, 2.24) is 34.0 Å². The van der Waals surface area contributed by atoms with Gasteiger partial charge in [0.2, 0.25) is 0 Å². The first kappa shape index (κ1) is 30.5. The Balaban J connectivity index is 0.000000243. The Morgan fingerprint density at radius 1 is 1.14 bits per heavy atom. The molecular weight excluding hydrogens is 514 g/mol. The molecule has 35 heavy (non-hydrogen) atoms. The number of imidazole rings is 1. The van der Waals surface area contributed by atoms with Crippen LogP contribution in [-0.2, 0) is 30.6 Å². The Morgan fingerprint density at radius 3 is 2.14 bits per heavy atom. The zero-order valence-corrected chi connectivity index (χ0v) is 23.7. The van der Waals surface area contributed by atoms with Crippen molar-refractivity contribution >= 4 is 21.9 Å². The van der Waals surface area contributed by atoms with Crippen LogP contribution in [0.5, 0.6) is 0 Å². The molecule has 1 saturated heterocycles. The number of carbonyl (C=O) groups is 1. The van der Waals surface area contributed by atoms with Gasteiger partial charge in [-0.1, -0.05) is 13.3 Å². The summed E-state index contributed by atoms with van der Waals surface area (Å²) in [6.07, 6.45) is 9.15. The minimum Gasteiger partial charge on any atom is -0.461 e. The number of aryl methyl sites for hydroxylation is 5. The van der Waals surface area contributed by atoms with Gasteiger partial charge in [-0.3, -0.25) is 9.36 Å². The summed E-state index contributed by atoms with van der Waals surface area (Å²) in [6.45, 7) is 10.5. The number of esters is 1. The van der Waals surface area contributed by atoms with Crippen molar-refractivity contribution in [3.8, 4) is 0 Å². The number of halogens is 1. The number of rotatable bonds is 4. The predicted molar refractivity (Wildman–Crippen MR) is 140 cm³/mol. The first-order valence-electron chi connectivity index (χ1n) is 11.7. The van der Waals surface area contributed by atoms with Crippen LogP contribution in [0.2, 0.25) is 0 Å². The number of unbranched alkanes of at least 4 members (excludes halogenated alkanes) is 1. The molecule has 1 fully saturated rings. The van der Waals surface area contributed by atoms with Gasteiger partial charge < -0.3 is 18.9 Å². The van der Waals surface area contributed by atoms with Gasteiger partial charge in [0.1, 0.15) is 11.5 Å². The third-order valence-corrected chi connectivity index (χ3v) is 5.79. The molecule has 3 aromatic rings. The molecule has 1 aliphatic heterocycles. The molecule has 0 radical (unpaired) electrons. The van der Waals surface area contributed by atoms with E-state index in [2.05, 4.69) is 50.0 Å². The van der Waals surface area contributed by atoms with Crippen molar-refractivity contribution in [3.05, 3.63) is 52.5 Å². The van der Waals surface area contributed by atoms with Gasteiger partial charge in [-0.15, -0.1) is 0 Å². The van der Waals surface area contributed by atoms with Crippen molar-refractivity contribution in [2.24, 2.45) is 21.1 Å². The highest BCUT2D eigenvalue weighted by Crippen LogP contribution is 2.11. The number of aromatic nitrogens is 6. The van der Waals surface area contributed by atoms with Crippen molar-refractivity contribution in [1.29, 1.82) is 0 Å². The second-order valence-corrected chi connectivity index (χ2v) is 8.92. The monoisotopic (exact) mass is 553 g/mol. The van der Waals surface area contributed by atoms with Crippen LogP contribution in [0.3, 0.4) is 0 Å². The number of nitrogens with zero attached hydrogens (tertiary/aromatic N) is 7. The van der Waals surface area contributed by atoms with Gasteiger partial charge >= 0.3 is 5.97 Å². The lowest BCUT2D eigenvalue weighted by Gasteiger charge is -2.21. The van der Waals surface area contributed by atoms with E-state index in [-0.39, 0.29) is 5.97 Å². The van der Waals surface area contributed by atoms with E-state index in [4.69, 9.17) is 9.47 Å². The van der Waals surface area contributed by atoms with E-state index in [0.29, 0.717) is 12.3 Å². The minimum absolute atomic E-state index is 0.298. The minimum atomic E-state index is -0.298. The highest BCUT2D eigenvalue weighted by molar-refractivity contribution is 9.10. The maximum absolute atomic E-state index is 11.3. The fourth-order valence-electron chi connectivity index (χ4n) is 2.62. The van der Waals surface area contributed by atoms with E-state index in [9.17, 15) is 4.79 Å². The molecule has 4 heterocycles. The number of carbonyl (C=O) groups excluding carboxylic acids is 1. The van der Waals surface area contributed by atoms with E-state index in [0.717, 1.165) is 55.1 Å². The van der Waals surface area contributed by atoms with Crippen LogP contribution < -0.4 is 0 Å². The zero-order chi connectivity index (χ0) is 26.2. The molecule has 0 bridgehead atoms. The van der Waals surface area contributed by atoms with Gasteiger partial charge in [0.25, 0.3) is 0 Å². The Bertz CT molecular complexity index is 942. The third-order valence-electron chi connectivity index (χ3n) is 5.01. The topological polar surface area (TPSA) is 92.2 Å². The van der Waals surface area contributed by atoms with Crippen LogP contribution in [0.4, 0.5) is 0 Å². The average Bonchev–Trinajstić information content (AvgIpc) is 3.50. The molecule has 0 saturated carbocycles. The molecule has 0 aliphatic carbocycles. The summed E-state index contributed by atoms with van der Waals surface area (Å²) >= 11 is 3.33. The molecular formula is C24H40BrN7O3. The number of ether oxygens (including phenoxy) is 2. The van der Waals surface area contributed by atoms with E-state index < -0.39 is 0 Å². The van der Waals surface area contributed by atoms with E-state index in [1.54, 1.807) is 30.2 Å². The maximum atomic E-state index is 11.3. The normalized spacial score (nSPS) is 12.9. The lowest BCUT2D eigenvalue weighted by molar-refractivity contribution is 0.0486. The molecule has 10 nitrogen and oxygen atoms in total. The molecule has 0 aromatic carbocycles. The highest BCUT2D eigenvalue weighted by Gasteiger charge is 2.10. The van der Waals surface area contributed by atoms with Crippen molar-refractivity contribution in [2.75, 3.05) is 40.0 Å². The van der Waals surface area contributed by atoms with E-state index in [1.165, 1.54) is 4.68 Å². The summed E-state index contributed by atoms with van der Waals surface area (Å²) in [7, 11) is 7.71. The van der Waals surface area contributed by atoms with Gasteiger partial charge in [0.05, 0.1) is 30.0 Å². The predicted octanol–water partition coefficient (Wildman–Crippen LogP) is 3.54. The Labute approximate surface area is 217 Å². The SMILES string of the molecule is CCCCOC(=O)c1ccnn1C.CN1CCOCC1.Cc1nccn1C.Cc1nn(C)cc1Br. The number of hydrogen-bond acceptors (Lipinski definition) is 7. The Hall–Kier alpha value is -2.50. The molecule has 1 aliphatic rings. The van der Waals surface area contributed by atoms with Crippen LogP contribution in [0.25, 0.3) is 0 Å². The lowest BCUT2D eigenvalue weighted by Crippen LogP contribution is -2.32. The summed E-state index contributed by atoms with van der Waals surface area (Å²) in [4.78, 5) is 17.6. The molecule has 4 rings (SSSR count). The lowest BCUT2D eigenvalue weighted by atomic mass is 10.3. The summed E-state index contributed by atoms with van der Waals surface area (Å²) in [5.41, 5.74) is 1.53. The van der Waals surface area contributed by atoms with Crippen LogP contribution in [-0.4, -0.2) is 79.9 Å². The number of likely N-dealkylation sites (N-methyl/N-ethyl adjacent to an activating group) is 1. The second kappa shape index (κ2) is 17.0. The largest absolute Gasteiger partial charge is 0.461 e. The average molecular weight is 555 g/mol. The number of hydrogen-bond donors (Lipinski definition) is 0. The third kappa shape index (κ3) is 12.7. The van der Waals surface area contributed by atoms with Gasteiger partial charge in [0, 0.05) is 59.0 Å². The first-order valence-corrected chi connectivity index (χ1v) is 12.5. The van der Waals surface area contributed by atoms with Gasteiger partial charge in [0.15, 0.2) is 0 Å². The summed E-state index contributed by atoms with van der Waals surface area (Å²) in [5.74, 6) is 0.758. The van der Waals surface area contributed by atoms with Gasteiger partial charge in [-0.05, 0) is 49.3 Å². The Morgan fingerprint density at radius 2 is 1.83 bits per heavy atom. The van der Waals surface area contributed by atoms with Crippen LogP contribution in [0.1, 0.15) is 41.8 Å². The first-order chi connectivity index (χ1) is 16.6. The standard InChI is InChI=1S/C9H14N2O2.C5H7BrN2.C5H8N2.C5H11NO/c1-3-4-7-13-9(12)8-5-6-10-11(8)2;1-4-5(6)3-8(2)7-4;1-5-6-3-4-7(5)2;1-6-2-4-7-5-3-6/h5-6H,3-4,7H2,1-2H3;3H,1-2H3;3-4H,1-2H3;2-5H2,1H3. The smallest absolute Gasteiger partial charge is 0.356 e. The van der Waals surface area contributed by atoms with Crippen LogP contribution in [0, 0.1) is 13.8 Å². The van der Waals surface area contributed by atoms with Gasteiger partial charge in [-0.25, -0.2) is 9.78 Å². The van der Waals surface area contributed by atoms with Crippen LogP contribution in [0.15, 0.2) is 35.3 Å². The van der Waals surface area contributed by atoms with Crippen molar-refractivity contribution in [2.45, 2.75) is 33.6 Å². The van der Waals surface area contributed by atoms with Crippen LogP contribution >= 0.6 is 15.9 Å². The Kier molecular flexibility index (Phi) is 14.8. The molecule has 196 valence electrons. The summed E-state index contributed by atoms with van der Waals surface area (Å²) in [6, 6.07) is 1.65. The number of morpholine rings is 1. The molecule has 0 amide bonds. The molecule has 0 spiro atoms. The summed E-state index contributed by atoms with van der Waals surface area (Å²) in [5, 5.41) is 7.96. The maximum Gasteiger partial charge on any atom is 0.356 e. The second-order valence-electron chi connectivity index (χ2n) is 8.07. The molecule has 3 aromatic heterocycles. The molecule has 0 unspecified atom stereocenters. The molecule has 11 heteroatoms. The summed E-state index contributed by atoms with van der Waals surface area (Å²) < 4.78 is 16.4.